The number of pyridine rings is 1. The van der Waals surface area contributed by atoms with Crippen LogP contribution in [0.5, 0.6) is 11.6 Å². The molecular formula is C22H26FN5O2. The Bertz CT molecular complexity index is 970. The maximum Gasteiger partial charge on any atom is 0.219 e. The van der Waals surface area contributed by atoms with Gasteiger partial charge in [0.1, 0.15) is 11.6 Å². The van der Waals surface area contributed by atoms with Gasteiger partial charge in [-0.3, -0.25) is 0 Å². The lowest BCUT2D eigenvalue weighted by Crippen LogP contribution is -2.36. The zero-order valence-corrected chi connectivity index (χ0v) is 17.4. The van der Waals surface area contributed by atoms with Crippen LogP contribution < -0.4 is 15.4 Å². The van der Waals surface area contributed by atoms with E-state index in [0.717, 1.165) is 23.6 Å². The van der Waals surface area contributed by atoms with E-state index in [-0.39, 0.29) is 5.82 Å². The summed E-state index contributed by atoms with van der Waals surface area (Å²) in [5, 5.41) is 10.5. The van der Waals surface area contributed by atoms with Crippen molar-refractivity contribution in [2.24, 2.45) is 4.99 Å². The highest BCUT2D eigenvalue weighted by Gasteiger charge is 2.08. The summed E-state index contributed by atoms with van der Waals surface area (Å²) in [7, 11) is 0. The molecule has 0 spiro atoms. The zero-order chi connectivity index (χ0) is 21.3. The Morgan fingerprint density at radius 3 is 2.73 bits per heavy atom. The number of guanidine groups is 1. The first-order valence-electron chi connectivity index (χ1n) is 9.89. The highest BCUT2D eigenvalue weighted by Crippen LogP contribution is 2.20. The number of aromatic nitrogens is 2. The normalized spacial score (nSPS) is 11.6. The molecule has 0 radical (unpaired) electrons. The molecule has 2 aromatic heterocycles. The molecule has 0 saturated heterocycles. The quantitative estimate of drug-likeness (QED) is 0.423. The molecular weight excluding hydrogens is 385 g/mol. The molecule has 2 heterocycles. The molecule has 0 aliphatic carbocycles. The molecule has 3 aromatic rings. The molecule has 158 valence electrons. The monoisotopic (exact) mass is 411 g/mol. The van der Waals surface area contributed by atoms with E-state index in [1.54, 1.807) is 24.4 Å². The van der Waals surface area contributed by atoms with Gasteiger partial charge in [-0.1, -0.05) is 31.1 Å². The molecule has 0 aliphatic rings. The van der Waals surface area contributed by atoms with Crippen LogP contribution in [0.1, 0.15) is 43.7 Å². The number of benzene rings is 1. The minimum absolute atomic E-state index is 0.324. The van der Waals surface area contributed by atoms with Crippen molar-refractivity contribution < 1.29 is 13.7 Å². The molecule has 0 fully saturated rings. The van der Waals surface area contributed by atoms with Crippen LogP contribution >= 0.6 is 0 Å². The van der Waals surface area contributed by atoms with Gasteiger partial charge in [-0.2, -0.15) is 0 Å². The molecule has 30 heavy (non-hydrogen) atoms. The van der Waals surface area contributed by atoms with E-state index in [1.807, 2.05) is 19.1 Å². The SMILES string of the molecule is CCNC(=NCc1ccc(Oc2cccc(F)c2)nc1)NCc1cc(C(C)C)no1. The van der Waals surface area contributed by atoms with Gasteiger partial charge in [0.2, 0.25) is 5.88 Å². The first-order chi connectivity index (χ1) is 14.5. The largest absolute Gasteiger partial charge is 0.439 e. The predicted octanol–water partition coefficient (Wildman–Crippen LogP) is 4.38. The number of nitrogens with zero attached hydrogens (tertiary/aromatic N) is 3. The summed E-state index contributed by atoms with van der Waals surface area (Å²) in [4.78, 5) is 8.83. The number of ether oxygens (including phenoxy) is 1. The Kier molecular flexibility index (Phi) is 7.37. The van der Waals surface area contributed by atoms with Gasteiger partial charge in [-0.25, -0.2) is 14.4 Å². The summed E-state index contributed by atoms with van der Waals surface area (Å²) in [6, 6.07) is 11.5. The standard InChI is InChI=1S/C22H26FN5O2/c1-4-24-22(27-14-19-11-20(15(2)3)28-30-19)26-13-16-8-9-21(25-12-16)29-18-7-5-6-17(23)10-18/h5-12,15H,4,13-14H2,1-3H3,(H2,24,26,27). The van der Waals surface area contributed by atoms with Gasteiger partial charge >= 0.3 is 0 Å². The first-order valence-corrected chi connectivity index (χ1v) is 9.89. The third-order valence-electron chi connectivity index (χ3n) is 4.18. The average Bonchev–Trinajstić information content (AvgIpc) is 3.21. The predicted molar refractivity (Wildman–Crippen MR) is 113 cm³/mol. The maximum absolute atomic E-state index is 13.2. The molecule has 0 aliphatic heterocycles. The molecule has 0 saturated carbocycles. The zero-order valence-electron chi connectivity index (χ0n) is 17.4. The van der Waals surface area contributed by atoms with E-state index in [1.165, 1.54) is 12.1 Å². The lowest BCUT2D eigenvalue weighted by molar-refractivity contribution is 0.372. The molecule has 3 rings (SSSR count). The van der Waals surface area contributed by atoms with Crippen LogP contribution in [-0.2, 0) is 13.1 Å². The second-order valence-electron chi connectivity index (χ2n) is 6.99. The summed E-state index contributed by atoms with van der Waals surface area (Å²) in [6.45, 7) is 7.81. The summed E-state index contributed by atoms with van der Waals surface area (Å²) in [5.41, 5.74) is 1.85. The lowest BCUT2D eigenvalue weighted by atomic mass is 10.1. The second kappa shape index (κ2) is 10.4. The molecule has 8 heteroatoms. The number of halogens is 1. The molecule has 0 unspecified atom stereocenters. The van der Waals surface area contributed by atoms with Gasteiger partial charge in [-0.05, 0) is 30.5 Å². The fraction of sp³-hybridized carbons (Fsp3) is 0.318. The van der Waals surface area contributed by atoms with E-state index in [2.05, 4.69) is 39.6 Å². The van der Waals surface area contributed by atoms with Gasteiger partial charge < -0.3 is 19.9 Å². The Balaban J connectivity index is 1.56. The second-order valence-corrected chi connectivity index (χ2v) is 6.99. The fourth-order valence-electron chi connectivity index (χ4n) is 2.58. The minimum Gasteiger partial charge on any atom is -0.439 e. The van der Waals surface area contributed by atoms with E-state index in [0.29, 0.717) is 36.6 Å². The van der Waals surface area contributed by atoms with E-state index in [4.69, 9.17) is 9.26 Å². The van der Waals surface area contributed by atoms with Gasteiger partial charge in [0.05, 0.1) is 18.8 Å². The van der Waals surface area contributed by atoms with Gasteiger partial charge in [-0.15, -0.1) is 0 Å². The molecule has 0 bridgehead atoms. The third-order valence-corrected chi connectivity index (χ3v) is 4.18. The highest BCUT2D eigenvalue weighted by molar-refractivity contribution is 5.79. The smallest absolute Gasteiger partial charge is 0.219 e. The third kappa shape index (κ3) is 6.30. The number of rotatable bonds is 8. The van der Waals surface area contributed by atoms with Crippen molar-refractivity contribution in [1.29, 1.82) is 0 Å². The van der Waals surface area contributed by atoms with Crippen molar-refractivity contribution in [2.75, 3.05) is 6.54 Å². The van der Waals surface area contributed by atoms with Crippen LogP contribution in [0.3, 0.4) is 0 Å². The summed E-state index contributed by atoms with van der Waals surface area (Å²) in [6.07, 6.45) is 1.69. The van der Waals surface area contributed by atoms with E-state index in [9.17, 15) is 4.39 Å². The topological polar surface area (TPSA) is 84.6 Å². The molecule has 1 aromatic carbocycles. The Morgan fingerprint density at radius 1 is 1.20 bits per heavy atom. The van der Waals surface area contributed by atoms with Gasteiger partial charge in [0.25, 0.3) is 0 Å². The highest BCUT2D eigenvalue weighted by atomic mass is 19.1. The van der Waals surface area contributed by atoms with Crippen molar-refractivity contribution in [3.05, 3.63) is 71.5 Å². The van der Waals surface area contributed by atoms with Crippen molar-refractivity contribution in [3.63, 3.8) is 0 Å². The number of aliphatic imine (C=N–C) groups is 1. The number of hydrogen-bond donors (Lipinski definition) is 2. The summed E-state index contributed by atoms with van der Waals surface area (Å²) >= 11 is 0. The van der Waals surface area contributed by atoms with Crippen LogP contribution in [-0.4, -0.2) is 22.6 Å². The van der Waals surface area contributed by atoms with E-state index >= 15 is 0 Å². The first kappa shape index (κ1) is 21.3. The van der Waals surface area contributed by atoms with Crippen molar-refractivity contribution in [1.82, 2.24) is 20.8 Å². The maximum atomic E-state index is 13.2. The van der Waals surface area contributed by atoms with Crippen LogP contribution in [0.25, 0.3) is 0 Å². The van der Waals surface area contributed by atoms with E-state index < -0.39 is 0 Å². The van der Waals surface area contributed by atoms with Crippen molar-refractivity contribution in [3.8, 4) is 11.6 Å². The fourth-order valence-corrected chi connectivity index (χ4v) is 2.58. The summed E-state index contributed by atoms with van der Waals surface area (Å²) < 4.78 is 24.1. The number of nitrogens with one attached hydrogen (secondary N) is 2. The molecule has 2 N–H and O–H groups in total. The van der Waals surface area contributed by atoms with Crippen LogP contribution in [0.15, 0.2) is 58.2 Å². The Hall–Kier alpha value is -3.42. The van der Waals surface area contributed by atoms with Gasteiger partial charge in [0.15, 0.2) is 11.7 Å². The average molecular weight is 411 g/mol. The van der Waals surface area contributed by atoms with Crippen molar-refractivity contribution in [2.45, 2.75) is 39.8 Å². The van der Waals surface area contributed by atoms with Crippen LogP contribution in [0, 0.1) is 5.82 Å². The van der Waals surface area contributed by atoms with Crippen LogP contribution in [0.2, 0.25) is 0 Å². The van der Waals surface area contributed by atoms with Crippen molar-refractivity contribution >= 4 is 5.96 Å². The minimum atomic E-state index is -0.354. The lowest BCUT2D eigenvalue weighted by Gasteiger charge is -2.10. The summed E-state index contributed by atoms with van der Waals surface area (Å²) in [5.74, 6) is 2.19. The molecule has 7 nitrogen and oxygen atoms in total. The van der Waals surface area contributed by atoms with Gasteiger partial charge in [0, 0.05) is 30.9 Å². The molecule has 0 amide bonds. The van der Waals surface area contributed by atoms with Crippen LogP contribution in [0.4, 0.5) is 4.39 Å². The number of hydrogen-bond acceptors (Lipinski definition) is 5. The Labute approximate surface area is 175 Å². The Morgan fingerprint density at radius 2 is 2.07 bits per heavy atom. The molecule has 0 atom stereocenters.